The number of likely N-dealkylation sites (N-methyl/N-ethyl adjacent to an activating group) is 1. The number of ether oxygens (including phenoxy) is 2. The summed E-state index contributed by atoms with van der Waals surface area (Å²) in [5.41, 5.74) is -0.485. The number of hydrogen-bond acceptors (Lipinski definition) is 8. The van der Waals surface area contributed by atoms with Crippen LogP contribution in [0.4, 0.5) is 14.9 Å². The summed E-state index contributed by atoms with van der Waals surface area (Å²) >= 11 is 0. The minimum atomic E-state index is -1.02. The summed E-state index contributed by atoms with van der Waals surface area (Å²) < 4.78 is 26.2. The fourth-order valence-corrected chi connectivity index (χ4v) is 5.78. The van der Waals surface area contributed by atoms with Crippen LogP contribution in [0.5, 0.6) is 0 Å². The Labute approximate surface area is 247 Å². The number of halogens is 1. The summed E-state index contributed by atoms with van der Waals surface area (Å²) in [7, 11) is 0. The second kappa shape index (κ2) is 11.7. The molecule has 3 aliphatic rings. The van der Waals surface area contributed by atoms with E-state index in [1.165, 1.54) is 11.0 Å². The zero-order valence-electron chi connectivity index (χ0n) is 26.0. The van der Waals surface area contributed by atoms with Gasteiger partial charge in [0.1, 0.15) is 28.3 Å². The van der Waals surface area contributed by atoms with Crippen molar-refractivity contribution in [1.29, 1.82) is 0 Å². The van der Waals surface area contributed by atoms with E-state index in [2.05, 4.69) is 20.5 Å². The molecule has 2 amide bonds. The second-order valence-corrected chi connectivity index (χ2v) is 13.3. The maximum Gasteiger partial charge on any atom is 0.414 e. The van der Waals surface area contributed by atoms with Gasteiger partial charge in [-0.2, -0.15) is 0 Å². The highest BCUT2D eigenvalue weighted by molar-refractivity contribution is 5.92. The van der Waals surface area contributed by atoms with Gasteiger partial charge < -0.3 is 20.1 Å². The summed E-state index contributed by atoms with van der Waals surface area (Å²) in [5.74, 6) is -1.57. The van der Waals surface area contributed by atoms with E-state index in [-0.39, 0.29) is 36.4 Å². The van der Waals surface area contributed by atoms with E-state index in [0.717, 1.165) is 18.5 Å². The van der Waals surface area contributed by atoms with Crippen LogP contribution in [-0.2, 0) is 14.3 Å². The first-order valence-electron chi connectivity index (χ1n) is 14.6. The molecule has 3 atom stereocenters. The van der Waals surface area contributed by atoms with Crippen LogP contribution in [0.25, 0.3) is 0 Å². The molecular weight excluding hydrogens is 541 g/mol. The number of pyridine rings is 1. The van der Waals surface area contributed by atoms with Crippen LogP contribution in [-0.4, -0.2) is 75.2 Å². The highest BCUT2D eigenvalue weighted by atomic mass is 19.1. The van der Waals surface area contributed by atoms with Gasteiger partial charge in [0.2, 0.25) is 5.91 Å². The van der Waals surface area contributed by atoms with E-state index in [4.69, 9.17) is 9.47 Å². The lowest BCUT2D eigenvalue weighted by atomic mass is 9.78. The van der Waals surface area contributed by atoms with Gasteiger partial charge in [0.15, 0.2) is 0 Å². The van der Waals surface area contributed by atoms with E-state index in [1.807, 2.05) is 6.92 Å². The lowest BCUT2D eigenvalue weighted by molar-refractivity contribution is -0.131. The van der Waals surface area contributed by atoms with Crippen LogP contribution in [0.2, 0.25) is 0 Å². The van der Waals surface area contributed by atoms with Crippen LogP contribution in [0.3, 0.4) is 0 Å². The van der Waals surface area contributed by atoms with Crippen molar-refractivity contribution >= 4 is 23.7 Å². The number of rotatable bonds is 6. The van der Waals surface area contributed by atoms with E-state index in [1.54, 1.807) is 66.8 Å². The Bertz CT molecular complexity index is 1280. The predicted molar refractivity (Wildman–Crippen MR) is 157 cm³/mol. The smallest absolute Gasteiger partial charge is 0.414 e. The van der Waals surface area contributed by atoms with Crippen molar-refractivity contribution in [2.45, 2.75) is 97.4 Å². The maximum absolute atomic E-state index is 15.2. The van der Waals surface area contributed by atoms with Crippen molar-refractivity contribution in [2.75, 3.05) is 25.0 Å². The molecule has 4 rings (SSSR count). The molecule has 10 nitrogen and oxygen atoms in total. The van der Waals surface area contributed by atoms with E-state index in [9.17, 15) is 14.4 Å². The maximum atomic E-state index is 15.2. The molecule has 0 radical (unpaired) electrons. The summed E-state index contributed by atoms with van der Waals surface area (Å²) in [6.45, 7) is 15.9. The van der Waals surface area contributed by atoms with Crippen LogP contribution >= 0.6 is 0 Å². The highest BCUT2D eigenvalue weighted by Gasteiger charge is 2.56. The molecule has 2 unspecified atom stereocenters. The number of nitrogens with zero attached hydrogens (tertiary/aromatic N) is 3. The van der Waals surface area contributed by atoms with E-state index in [0.29, 0.717) is 24.5 Å². The van der Waals surface area contributed by atoms with Crippen LogP contribution < -0.4 is 10.6 Å². The number of fused-ring (bicyclic) bond motifs is 1. The molecule has 42 heavy (non-hydrogen) atoms. The molecular formula is C31H44FN5O5. The van der Waals surface area contributed by atoms with Gasteiger partial charge in [-0.15, -0.1) is 0 Å². The molecule has 1 aromatic rings. The van der Waals surface area contributed by atoms with Gasteiger partial charge in [-0.25, -0.2) is 19.0 Å². The second-order valence-electron chi connectivity index (χ2n) is 13.3. The molecule has 0 saturated carbocycles. The molecule has 2 N–H and O–H groups in total. The van der Waals surface area contributed by atoms with Crippen molar-refractivity contribution in [1.82, 2.24) is 20.1 Å². The third-order valence-corrected chi connectivity index (χ3v) is 7.74. The van der Waals surface area contributed by atoms with Crippen LogP contribution in [0.15, 0.2) is 41.6 Å². The van der Waals surface area contributed by atoms with Gasteiger partial charge in [-0.05, 0) is 93.0 Å². The zero-order valence-corrected chi connectivity index (χ0v) is 26.0. The van der Waals surface area contributed by atoms with Crippen molar-refractivity contribution in [2.24, 2.45) is 5.92 Å². The Morgan fingerprint density at radius 2 is 1.88 bits per heavy atom. The minimum Gasteiger partial charge on any atom is -0.455 e. The van der Waals surface area contributed by atoms with Crippen molar-refractivity contribution in [3.05, 3.63) is 47.3 Å². The molecule has 0 spiro atoms. The SMILES string of the molecule is CCN(C(=O)OC(C)(C)C)C1=C2NC(=O)C(C)(N3CCC[C@H](Nc4ccc(C(=O)OC(C)(C)C)nc4)C3)C2CC(F)=C1. The van der Waals surface area contributed by atoms with E-state index >= 15 is 4.39 Å². The Morgan fingerprint density at radius 3 is 2.48 bits per heavy atom. The number of hydrogen-bond donors (Lipinski definition) is 2. The number of anilines is 1. The molecule has 3 heterocycles. The lowest BCUT2D eigenvalue weighted by Crippen LogP contribution is -2.59. The Morgan fingerprint density at radius 1 is 1.19 bits per heavy atom. The van der Waals surface area contributed by atoms with Gasteiger partial charge in [-0.3, -0.25) is 14.6 Å². The third-order valence-electron chi connectivity index (χ3n) is 7.74. The van der Waals surface area contributed by atoms with Crippen LogP contribution in [0.1, 0.15) is 85.1 Å². The molecule has 2 saturated heterocycles. The van der Waals surface area contributed by atoms with E-state index < -0.39 is 34.7 Å². The molecule has 0 bridgehead atoms. The number of carbonyl (C=O) groups excluding carboxylic acids is 3. The van der Waals surface area contributed by atoms with Gasteiger partial charge in [0.25, 0.3) is 0 Å². The molecule has 230 valence electrons. The number of nitrogens with one attached hydrogen (secondary N) is 2. The lowest BCUT2D eigenvalue weighted by Gasteiger charge is -2.45. The van der Waals surface area contributed by atoms with Crippen LogP contribution in [0, 0.1) is 5.92 Å². The first kappa shape index (κ1) is 31.5. The molecule has 0 aromatic carbocycles. The normalized spacial score (nSPS) is 24.9. The largest absolute Gasteiger partial charge is 0.455 e. The predicted octanol–water partition coefficient (Wildman–Crippen LogP) is 5.14. The zero-order chi connectivity index (χ0) is 31.0. The first-order chi connectivity index (χ1) is 19.5. The fraction of sp³-hybridized carbons (Fsp3) is 0.613. The minimum absolute atomic E-state index is 0.00272. The monoisotopic (exact) mass is 585 g/mol. The molecule has 11 heteroatoms. The summed E-state index contributed by atoms with van der Waals surface area (Å²) in [6, 6.07) is 3.42. The number of allylic oxidation sites excluding steroid dienone is 2. The quantitative estimate of drug-likeness (QED) is 0.441. The number of piperidine rings is 1. The molecule has 2 aliphatic heterocycles. The molecule has 1 aromatic heterocycles. The topological polar surface area (TPSA) is 113 Å². The summed E-state index contributed by atoms with van der Waals surface area (Å²) in [4.78, 5) is 46.8. The average molecular weight is 586 g/mol. The van der Waals surface area contributed by atoms with Crippen molar-refractivity contribution in [3.8, 4) is 0 Å². The standard InChI is InChI=1S/C31H44FN5O5/c1-9-37(28(40)42-30(5,6)7)24-16-19(32)15-22-25(24)35-27(39)31(22,8)36-14-10-11-21(18-36)34-20-12-13-23(33-17-20)26(38)41-29(2,3)4/h12-13,16-17,21-22,34H,9-11,14-15,18H2,1-8H3,(H,35,39)/t21-,22?,31?/m0/s1. The highest BCUT2D eigenvalue weighted by Crippen LogP contribution is 2.45. The summed E-state index contributed by atoms with van der Waals surface area (Å²) in [6.07, 6.45) is 4.11. The molecule has 2 fully saturated rings. The van der Waals surface area contributed by atoms with Gasteiger partial charge >= 0.3 is 12.1 Å². The molecule has 1 aliphatic carbocycles. The summed E-state index contributed by atoms with van der Waals surface area (Å²) in [5, 5.41) is 6.49. The fourth-order valence-electron chi connectivity index (χ4n) is 5.78. The number of esters is 1. The van der Waals surface area contributed by atoms with Gasteiger partial charge in [-0.1, -0.05) is 0 Å². The van der Waals surface area contributed by atoms with Gasteiger partial charge in [0, 0.05) is 37.2 Å². The van der Waals surface area contributed by atoms with Gasteiger partial charge in [0.05, 0.1) is 17.6 Å². The first-order valence-corrected chi connectivity index (χ1v) is 14.6. The number of carbonyl (C=O) groups is 3. The van der Waals surface area contributed by atoms with Crippen molar-refractivity contribution in [3.63, 3.8) is 0 Å². The number of likely N-dealkylation sites (tertiary alicyclic amines) is 1. The Kier molecular flexibility index (Phi) is 8.74. The third kappa shape index (κ3) is 6.77. The Balaban J connectivity index is 1.52. The number of aromatic nitrogens is 1. The Hall–Kier alpha value is -3.47. The number of amides is 2. The van der Waals surface area contributed by atoms with Crippen molar-refractivity contribution < 1.29 is 28.2 Å². The average Bonchev–Trinajstić information content (AvgIpc) is 3.14.